The first-order chi connectivity index (χ1) is 10.8. The van der Waals surface area contributed by atoms with Crippen molar-refractivity contribution in [2.45, 2.75) is 23.9 Å². The second-order valence-electron chi connectivity index (χ2n) is 4.84. The van der Waals surface area contributed by atoms with E-state index in [0.717, 1.165) is 17.5 Å². The zero-order valence-corrected chi connectivity index (χ0v) is 12.2. The zero-order chi connectivity index (χ0) is 18.4. The summed E-state index contributed by atoms with van der Waals surface area (Å²) >= 11 is 0.370. The number of aliphatic hydroxyl groups is 1. The SMILES string of the molecule is OC(c1cccc(C(F)(F)F)c1)(c1cccs1)C(F)(F)C(F)(F)F. The van der Waals surface area contributed by atoms with Gasteiger partial charge in [0, 0.05) is 4.88 Å². The molecule has 10 heteroatoms. The van der Waals surface area contributed by atoms with Crippen molar-refractivity contribution in [3.8, 4) is 0 Å². The van der Waals surface area contributed by atoms with Gasteiger partial charge in [0.25, 0.3) is 0 Å². The molecule has 0 spiro atoms. The minimum absolute atomic E-state index is 0.0827. The summed E-state index contributed by atoms with van der Waals surface area (Å²) in [5.74, 6) is -5.71. The summed E-state index contributed by atoms with van der Waals surface area (Å²) in [5.41, 5.74) is -6.64. The van der Waals surface area contributed by atoms with Crippen molar-refractivity contribution >= 4 is 11.3 Å². The summed E-state index contributed by atoms with van der Waals surface area (Å²) in [7, 11) is 0. The van der Waals surface area contributed by atoms with Crippen molar-refractivity contribution in [1.82, 2.24) is 0 Å². The molecule has 0 amide bonds. The molecule has 1 atom stereocenters. The number of hydrogen-bond donors (Lipinski definition) is 1. The van der Waals surface area contributed by atoms with Crippen LogP contribution in [0.1, 0.15) is 16.0 Å². The molecule has 1 nitrogen and oxygen atoms in total. The Kier molecular flexibility index (Phi) is 4.43. The van der Waals surface area contributed by atoms with E-state index in [0.29, 0.717) is 29.5 Å². The molecule has 1 heterocycles. The lowest BCUT2D eigenvalue weighted by Crippen LogP contribution is -2.55. The Morgan fingerprint density at radius 1 is 0.792 bits per heavy atom. The van der Waals surface area contributed by atoms with Crippen LogP contribution in [0, 0.1) is 0 Å². The quantitative estimate of drug-likeness (QED) is 0.730. The average molecular weight is 376 g/mol. The molecule has 0 aliphatic heterocycles. The van der Waals surface area contributed by atoms with Gasteiger partial charge in [0.2, 0.25) is 0 Å². The molecular formula is C14H8F8OS. The molecule has 1 aromatic carbocycles. The maximum absolute atomic E-state index is 14.0. The average Bonchev–Trinajstić information content (AvgIpc) is 2.98. The van der Waals surface area contributed by atoms with Gasteiger partial charge in [-0.05, 0) is 29.1 Å². The first-order valence-corrected chi connectivity index (χ1v) is 7.08. The van der Waals surface area contributed by atoms with Crippen molar-refractivity contribution in [1.29, 1.82) is 0 Å². The van der Waals surface area contributed by atoms with E-state index < -0.39 is 39.9 Å². The highest BCUT2D eigenvalue weighted by Gasteiger charge is 2.71. The Hall–Kier alpha value is -1.68. The van der Waals surface area contributed by atoms with Crippen molar-refractivity contribution in [2.75, 3.05) is 0 Å². The first-order valence-electron chi connectivity index (χ1n) is 6.20. The molecular weight excluding hydrogens is 368 g/mol. The number of rotatable bonds is 3. The number of benzene rings is 1. The van der Waals surface area contributed by atoms with Gasteiger partial charge in [-0.1, -0.05) is 18.2 Å². The van der Waals surface area contributed by atoms with E-state index in [1.165, 1.54) is 0 Å². The summed E-state index contributed by atoms with van der Waals surface area (Å²) in [6.45, 7) is 0. The van der Waals surface area contributed by atoms with Crippen LogP contribution in [0.25, 0.3) is 0 Å². The maximum atomic E-state index is 14.0. The molecule has 0 radical (unpaired) electrons. The molecule has 2 aromatic rings. The Labute approximate surface area is 134 Å². The fourth-order valence-corrected chi connectivity index (χ4v) is 2.97. The van der Waals surface area contributed by atoms with Crippen LogP contribution in [0.15, 0.2) is 41.8 Å². The topological polar surface area (TPSA) is 20.2 Å². The van der Waals surface area contributed by atoms with Crippen molar-refractivity contribution in [3.05, 3.63) is 57.8 Å². The molecule has 1 unspecified atom stereocenters. The summed E-state index contributed by atoms with van der Waals surface area (Å²) in [6.07, 6.45) is -11.2. The van der Waals surface area contributed by atoms with Gasteiger partial charge in [0.1, 0.15) is 0 Å². The van der Waals surface area contributed by atoms with E-state index in [1.807, 2.05) is 0 Å². The largest absolute Gasteiger partial charge is 0.457 e. The van der Waals surface area contributed by atoms with E-state index in [1.54, 1.807) is 0 Å². The highest BCUT2D eigenvalue weighted by molar-refractivity contribution is 7.10. The molecule has 1 N–H and O–H groups in total. The predicted molar refractivity (Wildman–Crippen MR) is 69.8 cm³/mol. The van der Waals surface area contributed by atoms with Crippen LogP contribution in [0.4, 0.5) is 35.1 Å². The second-order valence-corrected chi connectivity index (χ2v) is 5.79. The smallest absolute Gasteiger partial charge is 0.374 e. The van der Waals surface area contributed by atoms with Gasteiger partial charge in [0.05, 0.1) is 5.56 Å². The monoisotopic (exact) mass is 376 g/mol. The molecule has 132 valence electrons. The Bertz CT molecular complexity index is 704. The van der Waals surface area contributed by atoms with Crippen LogP contribution in [-0.2, 0) is 11.8 Å². The third-order valence-corrected chi connectivity index (χ3v) is 4.27. The Balaban J connectivity index is 2.75. The fraction of sp³-hybridized carbons (Fsp3) is 0.286. The third-order valence-electron chi connectivity index (χ3n) is 3.30. The lowest BCUT2D eigenvalue weighted by atomic mass is 9.84. The zero-order valence-electron chi connectivity index (χ0n) is 11.4. The minimum Gasteiger partial charge on any atom is -0.374 e. The van der Waals surface area contributed by atoms with E-state index in [9.17, 15) is 40.2 Å². The molecule has 0 saturated heterocycles. The molecule has 1 aromatic heterocycles. The van der Waals surface area contributed by atoms with E-state index >= 15 is 0 Å². The molecule has 2 rings (SSSR count). The number of hydrogen-bond acceptors (Lipinski definition) is 2. The van der Waals surface area contributed by atoms with Crippen LogP contribution in [0.5, 0.6) is 0 Å². The van der Waals surface area contributed by atoms with Crippen LogP contribution >= 0.6 is 11.3 Å². The van der Waals surface area contributed by atoms with Crippen molar-refractivity contribution < 1.29 is 40.2 Å². The second kappa shape index (κ2) is 5.69. The molecule has 0 saturated carbocycles. The Morgan fingerprint density at radius 2 is 1.38 bits per heavy atom. The highest BCUT2D eigenvalue weighted by Crippen LogP contribution is 2.53. The summed E-state index contributed by atoms with van der Waals surface area (Å²) in [6, 6.07) is 3.73. The molecule has 0 aliphatic rings. The van der Waals surface area contributed by atoms with Gasteiger partial charge in [-0.2, -0.15) is 35.1 Å². The predicted octanol–water partition coefficient (Wildman–Crippen LogP) is 5.20. The van der Waals surface area contributed by atoms with E-state index in [2.05, 4.69) is 0 Å². The van der Waals surface area contributed by atoms with Gasteiger partial charge in [-0.15, -0.1) is 11.3 Å². The number of halogens is 8. The number of thiophene rings is 1. The van der Waals surface area contributed by atoms with Crippen molar-refractivity contribution in [3.63, 3.8) is 0 Å². The maximum Gasteiger partial charge on any atom is 0.457 e. The first kappa shape index (κ1) is 18.7. The van der Waals surface area contributed by atoms with Gasteiger partial charge in [0.15, 0.2) is 5.60 Å². The molecule has 0 bridgehead atoms. The van der Waals surface area contributed by atoms with Crippen LogP contribution in [0.2, 0.25) is 0 Å². The summed E-state index contributed by atoms with van der Waals surface area (Å²) < 4.78 is 105. The van der Waals surface area contributed by atoms with Crippen molar-refractivity contribution in [2.24, 2.45) is 0 Å². The highest BCUT2D eigenvalue weighted by atomic mass is 32.1. The standard InChI is InChI=1S/C14H8F8OS/c15-12(16,17)9-4-1-3-8(7-9)11(23,10-5-2-6-24-10)13(18,19)14(20,21)22/h1-7,23H. The molecule has 0 aliphatic carbocycles. The number of alkyl halides is 8. The van der Waals surface area contributed by atoms with Crippen LogP contribution in [-0.4, -0.2) is 17.2 Å². The van der Waals surface area contributed by atoms with Crippen LogP contribution < -0.4 is 0 Å². The van der Waals surface area contributed by atoms with Gasteiger partial charge in [-0.3, -0.25) is 0 Å². The summed E-state index contributed by atoms with van der Waals surface area (Å²) in [4.78, 5) is -0.829. The van der Waals surface area contributed by atoms with E-state index in [-0.39, 0.29) is 6.07 Å². The minimum atomic E-state index is -6.18. The lowest BCUT2D eigenvalue weighted by Gasteiger charge is -2.36. The van der Waals surface area contributed by atoms with Gasteiger partial charge < -0.3 is 5.11 Å². The lowest BCUT2D eigenvalue weighted by molar-refractivity contribution is -0.336. The van der Waals surface area contributed by atoms with Gasteiger partial charge >= 0.3 is 18.3 Å². The van der Waals surface area contributed by atoms with Crippen LogP contribution in [0.3, 0.4) is 0 Å². The van der Waals surface area contributed by atoms with E-state index in [4.69, 9.17) is 0 Å². The fourth-order valence-electron chi connectivity index (χ4n) is 2.09. The summed E-state index contributed by atoms with van der Waals surface area (Å²) in [5, 5.41) is 11.4. The normalized spacial score (nSPS) is 16.0. The molecule has 24 heavy (non-hydrogen) atoms. The third kappa shape index (κ3) is 2.88. The Morgan fingerprint density at radius 3 is 1.83 bits per heavy atom. The van der Waals surface area contributed by atoms with Gasteiger partial charge in [-0.25, -0.2) is 0 Å². The molecule has 0 fully saturated rings.